The van der Waals surface area contributed by atoms with Gasteiger partial charge in [-0.15, -0.1) is 0 Å². The van der Waals surface area contributed by atoms with Crippen LogP contribution in [0.1, 0.15) is 67.7 Å². The quantitative estimate of drug-likeness (QED) is 0.531. The minimum Gasteiger partial charge on any atom is -0.487 e. The maximum Gasteiger partial charge on any atom is 0.222 e. The van der Waals surface area contributed by atoms with Gasteiger partial charge in [-0.25, -0.2) is 0 Å². The molecular formula is C27H34N4O2. The molecule has 2 aromatic carbocycles. The normalized spacial score (nSPS) is 21.7. The third kappa shape index (κ3) is 4.85. The number of fused-ring (bicyclic) bond motifs is 1. The molecule has 2 heterocycles. The summed E-state index contributed by atoms with van der Waals surface area (Å²) >= 11 is 0. The van der Waals surface area contributed by atoms with Gasteiger partial charge in [-0.3, -0.25) is 9.79 Å². The molecule has 0 radical (unpaired) electrons. The van der Waals surface area contributed by atoms with E-state index in [4.69, 9.17) is 4.74 Å². The molecule has 2 aliphatic heterocycles. The number of guanidine groups is 1. The van der Waals surface area contributed by atoms with E-state index in [9.17, 15) is 4.79 Å². The summed E-state index contributed by atoms with van der Waals surface area (Å²) in [6.45, 7) is 2.24. The molecule has 6 nitrogen and oxygen atoms in total. The SMILES string of the molecule is CN=C(NCc1cccc(CN2CCCC2=O)c1)NC1CC2(CCCC2)Oc2ccccc21. The van der Waals surface area contributed by atoms with Gasteiger partial charge in [-0.05, 0) is 49.3 Å². The fourth-order valence-electron chi connectivity index (χ4n) is 5.55. The zero-order valence-electron chi connectivity index (χ0n) is 19.5. The maximum absolute atomic E-state index is 12.0. The lowest BCUT2D eigenvalue weighted by Gasteiger charge is -2.40. The Morgan fingerprint density at radius 2 is 1.94 bits per heavy atom. The molecule has 1 atom stereocenters. The van der Waals surface area contributed by atoms with Crippen LogP contribution in [0.5, 0.6) is 5.75 Å². The van der Waals surface area contributed by atoms with Gasteiger partial charge in [0.1, 0.15) is 11.4 Å². The lowest BCUT2D eigenvalue weighted by atomic mass is 9.86. The van der Waals surface area contributed by atoms with Crippen molar-refractivity contribution >= 4 is 11.9 Å². The number of hydrogen-bond donors (Lipinski definition) is 2. The van der Waals surface area contributed by atoms with Crippen LogP contribution in [0, 0.1) is 0 Å². The zero-order chi connectivity index (χ0) is 22.7. The number of carbonyl (C=O) groups excluding carboxylic acids is 1. The van der Waals surface area contributed by atoms with Crippen molar-refractivity contribution < 1.29 is 9.53 Å². The Hall–Kier alpha value is -3.02. The van der Waals surface area contributed by atoms with Crippen molar-refractivity contribution in [2.24, 2.45) is 4.99 Å². The van der Waals surface area contributed by atoms with E-state index in [0.717, 1.165) is 43.9 Å². The minimum absolute atomic E-state index is 0.0494. The molecule has 1 amide bonds. The fraction of sp³-hybridized carbons (Fsp3) is 0.481. The number of amides is 1. The summed E-state index contributed by atoms with van der Waals surface area (Å²) in [5, 5.41) is 7.16. The van der Waals surface area contributed by atoms with Crippen LogP contribution in [0.4, 0.5) is 0 Å². The molecule has 0 aromatic heterocycles. The highest BCUT2D eigenvalue weighted by molar-refractivity contribution is 5.80. The van der Waals surface area contributed by atoms with Crippen LogP contribution in [0.3, 0.4) is 0 Å². The predicted molar refractivity (Wildman–Crippen MR) is 130 cm³/mol. The first-order chi connectivity index (χ1) is 16.1. The summed E-state index contributed by atoms with van der Waals surface area (Å²) in [6, 6.07) is 17.0. The molecular weight excluding hydrogens is 412 g/mol. The van der Waals surface area contributed by atoms with Crippen molar-refractivity contribution in [3.63, 3.8) is 0 Å². The van der Waals surface area contributed by atoms with E-state index in [1.807, 2.05) is 11.9 Å². The van der Waals surface area contributed by atoms with Gasteiger partial charge in [-0.1, -0.05) is 42.5 Å². The Labute approximate surface area is 196 Å². The average Bonchev–Trinajstić information content (AvgIpc) is 3.45. The molecule has 1 spiro atoms. The summed E-state index contributed by atoms with van der Waals surface area (Å²) in [4.78, 5) is 18.4. The molecule has 1 unspecified atom stereocenters. The number of nitrogens with zero attached hydrogens (tertiary/aromatic N) is 2. The number of aliphatic imine (C=N–C) groups is 1. The lowest BCUT2D eigenvalue weighted by Crippen LogP contribution is -2.46. The highest BCUT2D eigenvalue weighted by atomic mass is 16.5. The van der Waals surface area contributed by atoms with Crippen molar-refractivity contribution in [3.8, 4) is 5.75 Å². The number of likely N-dealkylation sites (tertiary alicyclic amines) is 1. The van der Waals surface area contributed by atoms with Crippen LogP contribution < -0.4 is 15.4 Å². The van der Waals surface area contributed by atoms with Gasteiger partial charge in [0, 0.05) is 45.1 Å². The van der Waals surface area contributed by atoms with E-state index in [0.29, 0.717) is 19.5 Å². The Morgan fingerprint density at radius 3 is 2.73 bits per heavy atom. The van der Waals surface area contributed by atoms with Crippen LogP contribution >= 0.6 is 0 Å². The molecule has 5 rings (SSSR count). The van der Waals surface area contributed by atoms with Gasteiger partial charge in [0.05, 0.1) is 6.04 Å². The molecule has 1 aliphatic carbocycles. The highest BCUT2D eigenvalue weighted by Crippen LogP contribution is 2.46. The Kier molecular flexibility index (Phi) is 6.25. The highest BCUT2D eigenvalue weighted by Gasteiger charge is 2.43. The van der Waals surface area contributed by atoms with Crippen molar-refractivity contribution in [2.75, 3.05) is 13.6 Å². The van der Waals surface area contributed by atoms with Gasteiger partial charge in [-0.2, -0.15) is 0 Å². The molecule has 3 aliphatic rings. The van der Waals surface area contributed by atoms with Crippen molar-refractivity contribution in [3.05, 3.63) is 65.2 Å². The summed E-state index contributed by atoms with van der Waals surface area (Å²) in [5.74, 6) is 2.06. The monoisotopic (exact) mass is 446 g/mol. The summed E-state index contributed by atoms with van der Waals surface area (Å²) in [7, 11) is 1.82. The molecule has 2 aromatic rings. The van der Waals surface area contributed by atoms with Gasteiger partial charge in [0.25, 0.3) is 0 Å². The first-order valence-corrected chi connectivity index (χ1v) is 12.2. The maximum atomic E-state index is 12.0. The van der Waals surface area contributed by atoms with Gasteiger partial charge < -0.3 is 20.3 Å². The fourth-order valence-corrected chi connectivity index (χ4v) is 5.55. The Bertz CT molecular complexity index is 1030. The number of nitrogens with one attached hydrogen (secondary N) is 2. The van der Waals surface area contributed by atoms with E-state index in [1.54, 1.807) is 0 Å². The Morgan fingerprint density at radius 1 is 1.12 bits per heavy atom. The topological polar surface area (TPSA) is 66.0 Å². The van der Waals surface area contributed by atoms with Gasteiger partial charge >= 0.3 is 0 Å². The molecule has 2 N–H and O–H groups in total. The first-order valence-electron chi connectivity index (χ1n) is 12.2. The number of para-hydroxylation sites is 1. The van der Waals surface area contributed by atoms with Crippen LogP contribution in [0.15, 0.2) is 53.5 Å². The smallest absolute Gasteiger partial charge is 0.222 e. The summed E-state index contributed by atoms with van der Waals surface area (Å²) in [6.07, 6.45) is 7.33. The molecule has 2 fully saturated rings. The molecule has 33 heavy (non-hydrogen) atoms. The first kappa shape index (κ1) is 21.8. The molecule has 174 valence electrons. The second-order valence-corrected chi connectivity index (χ2v) is 9.60. The number of rotatable bonds is 5. The molecule has 1 saturated carbocycles. The Balaban J connectivity index is 1.24. The number of hydrogen-bond acceptors (Lipinski definition) is 3. The number of ether oxygens (including phenoxy) is 1. The third-order valence-electron chi connectivity index (χ3n) is 7.24. The molecule has 6 heteroatoms. The standard InChI is InChI=1S/C27H34N4O2/c1-28-26(29-18-20-8-6-9-21(16-20)19-31-15-7-12-25(31)32)30-23-17-27(13-4-5-14-27)33-24-11-3-2-10-22(23)24/h2-3,6,8-11,16,23H,4-5,7,12-15,17-19H2,1H3,(H2,28,29,30). The second-order valence-electron chi connectivity index (χ2n) is 9.60. The number of benzene rings is 2. The van der Waals surface area contributed by atoms with Crippen LogP contribution in [-0.2, 0) is 17.9 Å². The van der Waals surface area contributed by atoms with E-state index in [2.05, 4.69) is 64.2 Å². The second kappa shape index (κ2) is 9.46. The minimum atomic E-state index is -0.0494. The van der Waals surface area contributed by atoms with Gasteiger partial charge in [0.2, 0.25) is 5.91 Å². The van der Waals surface area contributed by atoms with E-state index in [-0.39, 0.29) is 17.6 Å². The van der Waals surface area contributed by atoms with E-state index < -0.39 is 0 Å². The summed E-state index contributed by atoms with van der Waals surface area (Å²) < 4.78 is 6.50. The van der Waals surface area contributed by atoms with Crippen molar-refractivity contribution in [1.29, 1.82) is 0 Å². The van der Waals surface area contributed by atoms with E-state index in [1.165, 1.54) is 29.5 Å². The third-order valence-corrected chi connectivity index (χ3v) is 7.24. The zero-order valence-corrected chi connectivity index (χ0v) is 19.5. The number of carbonyl (C=O) groups is 1. The van der Waals surface area contributed by atoms with Crippen LogP contribution in [-0.4, -0.2) is 36.0 Å². The van der Waals surface area contributed by atoms with Gasteiger partial charge in [0.15, 0.2) is 5.96 Å². The summed E-state index contributed by atoms with van der Waals surface area (Å²) in [5.41, 5.74) is 3.51. The lowest BCUT2D eigenvalue weighted by molar-refractivity contribution is -0.128. The van der Waals surface area contributed by atoms with E-state index >= 15 is 0 Å². The molecule has 1 saturated heterocycles. The van der Waals surface area contributed by atoms with Crippen molar-refractivity contribution in [1.82, 2.24) is 15.5 Å². The predicted octanol–water partition coefficient (Wildman–Crippen LogP) is 4.31. The van der Waals surface area contributed by atoms with Crippen LogP contribution in [0.25, 0.3) is 0 Å². The average molecular weight is 447 g/mol. The van der Waals surface area contributed by atoms with Crippen LogP contribution in [0.2, 0.25) is 0 Å². The molecule has 0 bridgehead atoms. The largest absolute Gasteiger partial charge is 0.487 e. The van der Waals surface area contributed by atoms with Crippen molar-refractivity contribution in [2.45, 2.75) is 69.7 Å².